The van der Waals surface area contributed by atoms with Gasteiger partial charge >= 0.3 is 5.97 Å². The molecule has 0 rings (SSSR count). The Balaban J connectivity index is 4.20. The van der Waals surface area contributed by atoms with Crippen LogP contribution in [0.4, 0.5) is 0 Å². The van der Waals surface area contributed by atoms with Crippen LogP contribution in [-0.2, 0) is 20.3 Å². The van der Waals surface area contributed by atoms with Crippen LogP contribution >= 0.6 is 0 Å². The fourth-order valence-electron chi connectivity index (χ4n) is 0.742. The lowest BCUT2D eigenvalue weighted by Crippen LogP contribution is -2.33. The second-order valence-corrected chi connectivity index (χ2v) is 5.89. The number of hydrogen-bond donors (Lipinski definition) is 0. The second-order valence-electron chi connectivity index (χ2n) is 3.85. The van der Waals surface area contributed by atoms with Gasteiger partial charge < -0.3 is 4.74 Å². The zero-order valence-corrected chi connectivity index (χ0v) is 9.73. The molecule has 0 N–H and O–H groups in total. The standard InChI is InChI=1S/C9H18O3S/c1-6-13(11)7(2)8(10)12-9(3,4)5/h7H,6H2,1-5H3. The van der Waals surface area contributed by atoms with Crippen LogP contribution in [0.5, 0.6) is 0 Å². The van der Waals surface area contributed by atoms with E-state index in [1.807, 2.05) is 0 Å². The predicted octanol–water partition coefficient (Wildman–Crippen LogP) is 1.49. The van der Waals surface area contributed by atoms with E-state index in [2.05, 4.69) is 0 Å². The predicted molar refractivity (Wildman–Crippen MR) is 54.0 cm³/mol. The molecular formula is C9H18O3S. The van der Waals surface area contributed by atoms with Crippen molar-refractivity contribution in [3.63, 3.8) is 0 Å². The van der Waals surface area contributed by atoms with Gasteiger partial charge in [0.2, 0.25) is 0 Å². The van der Waals surface area contributed by atoms with E-state index in [1.54, 1.807) is 34.6 Å². The Morgan fingerprint density at radius 1 is 1.46 bits per heavy atom. The number of carbonyl (C=O) groups is 1. The first-order valence-electron chi connectivity index (χ1n) is 4.38. The van der Waals surface area contributed by atoms with Crippen molar-refractivity contribution in [1.82, 2.24) is 0 Å². The molecule has 13 heavy (non-hydrogen) atoms. The van der Waals surface area contributed by atoms with Gasteiger partial charge in [-0.1, -0.05) is 6.92 Å². The number of ether oxygens (including phenoxy) is 1. The Labute approximate surface area is 82.3 Å². The van der Waals surface area contributed by atoms with E-state index in [4.69, 9.17) is 4.74 Å². The van der Waals surface area contributed by atoms with E-state index in [0.717, 1.165) is 0 Å². The van der Waals surface area contributed by atoms with E-state index in [1.165, 1.54) is 0 Å². The van der Waals surface area contributed by atoms with Crippen LogP contribution < -0.4 is 0 Å². The smallest absolute Gasteiger partial charge is 0.321 e. The third-order valence-electron chi connectivity index (χ3n) is 1.42. The van der Waals surface area contributed by atoms with Crippen molar-refractivity contribution in [2.75, 3.05) is 5.75 Å². The average Bonchev–Trinajstić information content (AvgIpc) is 1.98. The maximum Gasteiger partial charge on any atom is 0.321 e. The van der Waals surface area contributed by atoms with E-state index in [0.29, 0.717) is 5.75 Å². The SMILES string of the molecule is CCS(=O)C(C)C(=O)OC(C)(C)C. The summed E-state index contributed by atoms with van der Waals surface area (Å²) >= 11 is 0. The van der Waals surface area contributed by atoms with Crippen molar-refractivity contribution in [2.45, 2.75) is 45.5 Å². The van der Waals surface area contributed by atoms with Gasteiger partial charge in [-0.3, -0.25) is 9.00 Å². The maximum absolute atomic E-state index is 11.3. The number of rotatable bonds is 3. The lowest BCUT2D eigenvalue weighted by atomic mass is 10.2. The molecule has 0 fully saturated rings. The lowest BCUT2D eigenvalue weighted by Gasteiger charge is -2.21. The largest absolute Gasteiger partial charge is 0.459 e. The van der Waals surface area contributed by atoms with Crippen molar-refractivity contribution in [3.8, 4) is 0 Å². The van der Waals surface area contributed by atoms with Crippen LogP contribution in [0.2, 0.25) is 0 Å². The first kappa shape index (κ1) is 12.6. The molecule has 0 spiro atoms. The first-order valence-corrected chi connectivity index (χ1v) is 5.76. The quantitative estimate of drug-likeness (QED) is 0.657. The summed E-state index contributed by atoms with van der Waals surface area (Å²) in [6.45, 7) is 8.82. The van der Waals surface area contributed by atoms with Crippen LogP contribution in [0.25, 0.3) is 0 Å². The molecule has 0 heterocycles. The molecule has 0 aliphatic rings. The zero-order valence-electron chi connectivity index (χ0n) is 8.92. The highest BCUT2D eigenvalue weighted by molar-refractivity contribution is 7.86. The summed E-state index contributed by atoms with van der Waals surface area (Å²) in [7, 11) is -1.11. The fraction of sp³-hybridized carbons (Fsp3) is 0.889. The van der Waals surface area contributed by atoms with E-state index in [-0.39, 0.29) is 5.97 Å². The normalized spacial score (nSPS) is 16.4. The van der Waals surface area contributed by atoms with Gasteiger partial charge in [0.1, 0.15) is 10.9 Å². The molecule has 0 saturated carbocycles. The molecule has 3 nitrogen and oxygen atoms in total. The highest BCUT2D eigenvalue weighted by atomic mass is 32.2. The molecule has 0 aliphatic heterocycles. The Morgan fingerprint density at radius 2 is 1.92 bits per heavy atom. The number of esters is 1. The van der Waals surface area contributed by atoms with Crippen LogP contribution in [-0.4, -0.2) is 26.8 Å². The number of carbonyl (C=O) groups excluding carboxylic acids is 1. The van der Waals surface area contributed by atoms with E-state index < -0.39 is 21.7 Å². The van der Waals surface area contributed by atoms with Gasteiger partial charge in [-0.05, 0) is 27.7 Å². The summed E-state index contributed by atoms with van der Waals surface area (Å²) in [5, 5.41) is -0.524. The Bertz CT molecular complexity index is 205. The van der Waals surface area contributed by atoms with Crippen molar-refractivity contribution < 1.29 is 13.7 Å². The molecule has 2 atom stereocenters. The second kappa shape index (κ2) is 4.74. The Kier molecular flexibility index (Phi) is 4.61. The molecule has 0 aliphatic carbocycles. The molecule has 78 valence electrons. The van der Waals surface area contributed by atoms with E-state index >= 15 is 0 Å². The number of hydrogen-bond acceptors (Lipinski definition) is 3. The molecule has 0 bridgehead atoms. The molecular weight excluding hydrogens is 188 g/mol. The minimum absolute atomic E-state index is 0.382. The molecule has 0 amide bonds. The van der Waals surface area contributed by atoms with Gasteiger partial charge in [-0.25, -0.2) is 0 Å². The van der Waals surface area contributed by atoms with Crippen molar-refractivity contribution in [2.24, 2.45) is 0 Å². The summed E-state index contributed by atoms with van der Waals surface area (Å²) in [5.41, 5.74) is -0.497. The van der Waals surface area contributed by atoms with Crippen molar-refractivity contribution in [3.05, 3.63) is 0 Å². The molecule has 0 aromatic heterocycles. The minimum atomic E-state index is -1.11. The molecule has 4 heteroatoms. The monoisotopic (exact) mass is 206 g/mol. The zero-order chi connectivity index (χ0) is 10.6. The molecule has 0 aromatic rings. The fourth-order valence-corrected chi connectivity index (χ4v) is 1.50. The molecule has 0 saturated heterocycles. The summed E-state index contributed by atoms with van der Waals surface area (Å²) < 4.78 is 16.3. The summed E-state index contributed by atoms with van der Waals surface area (Å²) in [6.07, 6.45) is 0. The van der Waals surface area contributed by atoms with Gasteiger partial charge in [0, 0.05) is 16.6 Å². The van der Waals surface area contributed by atoms with Gasteiger partial charge in [0.15, 0.2) is 0 Å². The van der Waals surface area contributed by atoms with Crippen LogP contribution in [0.1, 0.15) is 34.6 Å². The minimum Gasteiger partial charge on any atom is -0.459 e. The molecule has 0 aromatic carbocycles. The van der Waals surface area contributed by atoms with Crippen LogP contribution in [0.3, 0.4) is 0 Å². The van der Waals surface area contributed by atoms with Crippen molar-refractivity contribution in [1.29, 1.82) is 0 Å². The topological polar surface area (TPSA) is 43.4 Å². The summed E-state index contributed by atoms with van der Waals surface area (Å²) in [4.78, 5) is 11.3. The van der Waals surface area contributed by atoms with Crippen LogP contribution in [0, 0.1) is 0 Å². The average molecular weight is 206 g/mol. The maximum atomic E-state index is 11.3. The molecule has 0 radical (unpaired) electrons. The van der Waals surface area contributed by atoms with Gasteiger partial charge in [-0.2, -0.15) is 0 Å². The third kappa shape index (κ3) is 5.03. The van der Waals surface area contributed by atoms with Crippen LogP contribution in [0.15, 0.2) is 0 Å². The third-order valence-corrected chi connectivity index (χ3v) is 2.97. The summed E-state index contributed by atoms with van der Waals surface area (Å²) in [6, 6.07) is 0. The van der Waals surface area contributed by atoms with Gasteiger partial charge in [0.25, 0.3) is 0 Å². The van der Waals surface area contributed by atoms with Gasteiger partial charge in [-0.15, -0.1) is 0 Å². The first-order chi connectivity index (χ1) is 5.78. The van der Waals surface area contributed by atoms with Gasteiger partial charge in [0.05, 0.1) is 0 Å². The Morgan fingerprint density at radius 3 is 2.23 bits per heavy atom. The van der Waals surface area contributed by atoms with E-state index in [9.17, 15) is 9.00 Å². The highest BCUT2D eigenvalue weighted by Crippen LogP contribution is 2.10. The Hall–Kier alpha value is -0.380. The highest BCUT2D eigenvalue weighted by Gasteiger charge is 2.24. The lowest BCUT2D eigenvalue weighted by molar-refractivity contribution is -0.153. The molecule has 2 unspecified atom stereocenters. The summed E-state index contributed by atoms with van der Waals surface area (Å²) in [5.74, 6) is 0.105. The van der Waals surface area contributed by atoms with Crippen molar-refractivity contribution >= 4 is 16.8 Å².